The van der Waals surface area contributed by atoms with Crippen LogP contribution in [0.1, 0.15) is 23.6 Å². The molecule has 0 radical (unpaired) electrons. The molecule has 0 aliphatic carbocycles. The van der Waals surface area contributed by atoms with E-state index in [9.17, 15) is 0 Å². The van der Waals surface area contributed by atoms with Crippen molar-refractivity contribution in [2.24, 2.45) is 0 Å². The summed E-state index contributed by atoms with van der Waals surface area (Å²) in [4.78, 5) is 2.17. The standard InChI is InChI=1S/C15H16N2O/c1-17(11-13-8-10-18-12-13)15(7-9-16)14-5-3-2-4-6-14/h2-6,8,10,12,15H,7,11H2,1H3. The summed E-state index contributed by atoms with van der Waals surface area (Å²) in [5.74, 6) is 0. The Balaban J connectivity index is 2.13. The van der Waals surface area contributed by atoms with Gasteiger partial charge in [0, 0.05) is 18.2 Å². The highest BCUT2D eigenvalue weighted by atomic mass is 16.3. The first-order valence-corrected chi connectivity index (χ1v) is 5.94. The van der Waals surface area contributed by atoms with Gasteiger partial charge in [-0.1, -0.05) is 30.3 Å². The second-order valence-corrected chi connectivity index (χ2v) is 4.34. The van der Waals surface area contributed by atoms with E-state index in [1.54, 1.807) is 12.5 Å². The van der Waals surface area contributed by atoms with Crippen molar-refractivity contribution in [1.82, 2.24) is 4.90 Å². The molecule has 1 atom stereocenters. The molecule has 0 saturated heterocycles. The molecule has 0 aliphatic heterocycles. The summed E-state index contributed by atoms with van der Waals surface area (Å²) in [5.41, 5.74) is 2.29. The minimum absolute atomic E-state index is 0.117. The molecule has 0 spiro atoms. The zero-order valence-corrected chi connectivity index (χ0v) is 10.4. The van der Waals surface area contributed by atoms with Crippen LogP contribution in [0.3, 0.4) is 0 Å². The first-order valence-electron chi connectivity index (χ1n) is 5.94. The van der Waals surface area contributed by atoms with Gasteiger partial charge in [-0.2, -0.15) is 5.26 Å². The van der Waals surface area contributed by atoms with Gasteiger partial charge in [0.1, 0.15) is 0 Å². The van der Waals surface area contributed by atoms with Crippen LogP contribution in [0.15, 0.2) is 53.3 Å². The zero-order valence-electron chi connectivity index (χ0n) is 10.4. The Kier molecular flexibility index (Phi) is 4.16. The van der Waals surface area contributed by atoms with Gasteiger partial charge in [0.15, 0.2) is 0 Å². The van der Waals surface area contributed by atoms with Crippen LogP contribution in [-0.4, -0.2) is 11.9 Å². The summed E-state index contributed by atoms with van der Waals surface area (Å²) < 4.78 is 5.07. The maximum absolute atomic E-state index is 8.98. The lowest BCUT2D eigenvalue weighted by atomic mass is 10.0. The summed E-state index contributed by atoms with van der Waals surface area (Å²) in [7, 11) is 2.03. The maximum atomic E-state index is 8.98. The van der Waals surface area contributed by atoms with E-state index in [4.69, 9.17) is 9.68 Å². The highest BCUT2D eigenvalue weighted by molar-refractivity contribution is 5.20. The third-order valence-electron chi connectivity index (χ3n) is 3.01. The van der Waals surface area contributed by atoms with Crippen LogP contribution in [0.25, 0.3) is 0 Å². The van der Waals surface area contributed by atoms with Gasteiger partial charge in [0.2, 0.25) is 0 Å². The monoisotopic (exact) mass is 240 g/mol. The molecule has 0 bridgehead atoms. The highest BCUT2D eigenvalue weighted by Crippen LogP contribution is 2.24. The summed E-state index contributed by atoms with van der Waals surface area (Å²) >= 11 is 0. The minimum Gasteiger partial charge on any atom is -0.472 e. The number of benzene rings is 1. The summed E-state index contributed by atoms with van der Waals surface area (Å²) in [5, 5.41) is 8.98. The van der Waals surface area contributed by atoms with Crippen LogP contribution in [0.5, 0.6) is 0 Å². The van der Waals surface area contributed by atoms with E-state index < -0.39 is 0 Å². The molecule has 1 aromatic heterocycles. The smallest absolute Gasteiger partial charge is 0.0947 e. The van der Waals surface area contributed by atoms with E-state index in [2.05, 4.69) is 23.1 Å². The molecule has 0 amide bonds. The number of hydrogen-bond acceptors (Lipinski definition) is 3. The molecule has 2 aromatic rings. The number of nitriles is 1. The minimum atomic E-state index is 0.117. The molecule has 3 heteroatoms. The van der Waals surface area contributed by atoms with E-state index in [0.29, 0.717) is 6.42 Å². The summed E-state index contributed by atoms with van der Waals surface area (Å²) in [6.07, 6.45) is 3.90. The van der Waals surface area contributed by atoms with Gasteiger partial charge in [-0.15, -0.1) is 0 Å². The Hall–Kier alpha value is -2.05. The van der Waals surface area contributed by atoms with Crippen molar-refractivity contribution < 1.29 is 4.42 Å². The fourth-order valence-corrected chi connectivity index (χ4v) is 2.07. The Labute approximate surface area is 107 Å². The van der Waals surface area contributed by atoms with Crippen molar-refractivity contribution in [3.8, 4) is 6.07 Å². The molecular weight excluding hydrogens is 224 g/mol. The average Bonchev–Trinajstić information content (AvgIpc) is 2.89. The molecule has 0 N–H and O–H groups in total. The maximum Gasteiger partial charge on any atom is 0.0947 e. The van der Waals surface area contributed by atoms with Crippen molar-refractivity contribution in [3.05, 3.63) is 60.1 Å². The molecule has 2 rings (SSSR count). The Morgan fingerprint density at radius 3 is 2.67 bits per heavy atom. The van der Waals surface area contributed by atoms with Crippen LogP contribution in [0.2, 0.25) is 0 Å². The van der Waals surface area contributed by atoms with Gasteiger partial charge in [0.05, 0.1) is 25.0 Å². The second kappa shape index (κ2) is 6.04. The third-order valence-corrected chi connectivity index (χ3v) is 3.01. The Bertz CT molecular complexity index is 499. The molecule has 92 valence electrons. The first-order chi connectivity index (χ1) is 8.81. The van der Waals surface area contributed by atoms with Crippen molar-refractivity contribution in [2.45, 2.75) is 19.0 Å². The van der Waals surface area contributed by atoms with Crippen molar-refractivity contribution in [2.75, 3.05) is 7.05 Å². The van der Waals surface area contributed by atoms with Gasteiger partial charge in [-0.3, -0.25) is 4.90 Å². The predicted molar refractivity (Wildman–Crippen MR) is 69.6 cm³/mol. The second-order valence-electron chi connectivity index (χ2n) is 4.34. The topological polar surface area (TPSA) is 40.2 Å². The summed E-state index contributed by atoms with van der Waals surface area (Å²) in [6.45, 7) is 0.776. The highest BCUT2D eigenvalue weighted by Gasteiger charge is 2.16. The lowest BCUT2D eigenvalue weighted by Crippen LogP contribution is -2.23. The quantitative estimate of drug-likeness (QED) is 0.804. The fraction of sp³-hybridized carbons (Fsp3) is 0.267. The van der Waals surface area contributed by atoms with Gasteiger partial charge in [0.25, 0.3) is 0 Å². The third kappa shape index (κ3) is 2.99. The van der Waals surface area contributed by atoms with Gasteiger partial charge in [-0.05, 0) is 18.7 Å². The first kappa shape index (κ1) is 12.4. The van der Waals surface area contributed by atoms with E-state index in [0.717, 1.165) is 12.1 Å². The van der Waals surface area contributed by atoms with Gasteiger partial charge >= 0.3 is 0 Å². The van der Waals surface area contributed by atoms with Crippen LogP contribution in [0, 0.1) is 11.3 Å². The number of furan rings is 1. The van der Waals surface area contributed by atoms with Crippen molar-refractivity contribution in [1.29, 1.82) is 5.26 Å². The van der Waals surface area contributed by atoms with E-state index in [1.807, 2.05) is 31.3 Å². The molecule has 0 aliphatic rings. The Morgan fingerprint density at radius 1 is 1.28 bits per heavy atom. The summed E-state index contributed by atoms with van der Waals surface area (Å²) in [6, 6.07) is 14.5. The van der Waals surface area contributed by atoms with Crippen molar-refractivity contribution >= 4 is 0 Å². The van der Waals surface area contributed by atoms with Gasteiger partial charge in [-0.25, -0.2) is 0 Å². The number of rotatable bonds is 5. The SMILES string of the molecule is CN(Cc1ccoc1)C(CC#N)c1ccccc1. The molecule has 1 aromatic carbocycles. The fourth-order valence-electron chi connectivity index (χ4n) is 2.07. The average molecular weight is 240 g/mol. The largest absolute Gasteiger partial charge is 0.472 e. The Morgan fingerprint density at radius 2 is 2.06 bits per heavy atom. The molecular formula is C15H16N2O. The van der Waals surface area contributed by atoms with Crippen LogP contribution in [-0.2, 0) is 6.54 Å². The predicted octanol–water partition coefficient (Wildman–Crippen LogP) is 3.37. The van der Waals surface area contributed by atoms with Crippen molar-refractivity contribution in [3.63, 3.8) is 0 Å². The zero-order chi connectivity index (χ0) is 12.8. The lowest BCUT2D eigenvalue weighted by molar-refractivity contribution is 0.238. The molecule has 1 heterocycles. The molecule has 1 unspecified atom stereocenters. The lowest BCUT2D eigenvalue weighted by Gasteiger charge is -2.26. The normalized spacial score (nSPS) is 12.3. The van der Waals surface area contributed by atoms with Crippen LogP contribution < -0.4 is 0 Å². The molecule has 18 heavy (non-hydrogen) atoms. The van der Waals surface area contributed by atoms with E-state index >= 15 is 0 Å². The van der Waals surface area contributed by atoms with E-state index in [1.165, 1.54) is 5.56 Å². The molecule has 3 nitrogen and oxygen atoms in total. The molecule has 0 saturated carbocycles. The van der Waals surface area contributed by atoms with Crippen LogP contribution in [0.4, 0.5) is 0 Å². The number of nitrogens with zero attached hydrogens (tertiary/aromatic N) is 2. The van der Waals surface area contributed by atoms with Gasteiger partial charge < -0.3 is 4.42 Å². The van der Waals surface area contributed by atoms with E-state index in [-0.39, 0.29) is 6.04 Å². The number of hydrogen-bond donors (Lipinski definition) is 0. The molecule has 0 fully saturated rings. The van der Waals surface area contributed by atoms with Crippen LogP contribution >= 0.6 is 0 Å².